The van der Waals surface area contributed by atoms with Gasteiger partial charge in [-0.15, -0.1) is 12.4 Å². The van der Waals surface area contributed by atoms with Crippen LogP contribution >= 0.6 is 28.3 Å². The number of nitrogens with one attached hydrogen (secondary N) is 2. The molecule has 0 radical (unpaired) electrons. The van der Waals surface area contributed by atoms with Crippen LogP contribution in [0.3, 0.4) is 0 Å². The zero-order chi connectivity index (χ0) is 16.9. The molecule has 0 spiro atoms. The summed E-state index contributed by atoms with van der Waals surface area (Å²) in [6.45, 7) is 7.90. The average molecular weight is 407 g/mol. The number of carbonyl (C=O) groups excluding carboxylic acids is 2. The van der Waals surface area contributed by atoms with Crippen molar-refractivity contribution in [2.45, 2.75) is 40.2 Å². The molecule has 0 aliphatic heterocycles. The van der Waals surface area contributed by atoms with Crippen molar-refractivity contribution in [3.8, 4) is 0 Å². The second-order valence-corrected chi connectivity index (χ2v) is 7.31. The Morgan fingerprint density at radius 3 is 2.48 bits per heavy atom. The van der Waals surface area contributed by atoms with Crippen molar-refractivity contribution < 1.29 is 9.59 Å². The number of benzene rings is 1. The highest BCUT2D eigenvalue weighted by molar-refractivity contribution is 9.10. The lowest BCUT2D eigenvalue weighted by atomic mass is 9.87. The van der Waals surface area contributed by atoms with Crippen molar-refractivity contribution in [1.82, 2.24) is 5.32 Å². The number of aryl methyl sites for hydroxylation is 1. The molecule has 0 saturated carbocycles. The Morgan fingerprint density at radius 2 is 1.91 bits per heavy atom. The highest BCUT2D eigenvalue weighted by Gasteiger charge is 2.27. The fourth-order valence-corrected chi connectivity index (χ4v) is 2.11. The minimum atomic E-state index is -0.595. The number of halogens is 2. The van der Waals surface area contributed by atoms with Crippen LogP contribution < -0.4 is 16.4 Å². The maximum absolute atomic E-state index is 11.9. The van der Waals surface area contributed by atoms with Crippen molar-refractivity contribution >= 4 is 45.8 Å². The topological polar surface area (TPSA) is 84.2 Å². The lowest BCUT2D eigenvalue weighted by molar-refractivity contribution is -0.124. The molecule has 0 unspecified atom stereocenters. The number of rotatable bonds is 5. The second kappa shape index (κ2) is 9.25. The third kappa shape index (κ3) is 7.33. The van der Waals surface area contributed by atoms with Crippen LogP contribution in [0.5, 0.6) is 0 Å². The summed E-state index contributed by atoms with van der Waals surface area (Å²) in [6.07, 6.45) is 0.203. The summed E-state index contributed by atoms with van der Waals surface area (Å²) in [5.41, 5.74) is 7.29. The Kier molecular flexibility index (Phi) is 8.80. The maximum atomic E-state index is 11.9. The van der Waals surface area contributed by atoms with Crippen molar-refractivity contribution in [3.05, 3.63) is 28.2 Å². The minimum Gasteiger partial charge on any atom is -0.354 e. The van der Waals surface area contributed by atoms with Gasteiger partial charge < -0.3 is 16.4 Å². The van der Waals surface area contributed by atoms with Crippen LogP contribution in [-0.4, -0.2) is 24.4 Å². The van der Waals surface area contributed by atoms with E-state index in [0.29, 0.717) is 0 Å². The van der Waals surface area contributed by atoms with Crippen LogP contribution in [0.2, 0.25) is 0 Å². The van der Waals surface area contributed by atoms with E-state index >= 15 is 0 Å². The van der Waals surface area contributed by atoms with Gasteiger partial charge in [0.2, 0.25) is 11.8 Å². The molecule has 0 aliphatic rings. The fourth-order valence-electron chi connectivity index (χ4n) is 1.74. The van der Waals surface area contributed by atoms with Crippen LogP contribution in [0.4, 0.5) is 5.69 Å². The summed E-state index contributed by atoms with van der Waals surface area (Å²) in [5.74, 6) is -0.384. The van der Waals surface area contributed by atoms with Crippen LogP contribution in [0, 0.1) is 12.3 Å². The molecular formula is C16H25BrClN3O2. The molecule has 4 N–H and O–H groups in total. The lowest BCUT2D eigenvalue weighted by Gasteiger charge is -2.25. The number of hydrogen-bond acceptors (Lipinski definition) is 3. The monoisotopic (exact) mass is 405 g/mol. The van der Waals surface area contributed by atoms with E-state index in [1.165, 1.54) is 0 Å². The van der Waals surface area contributed by atoms with Crippen LogP contribution in [0.15, 0.2) is 22.7 Å². The summed E-state index contributed by atoms with van der Waals surface area (Å²) in [4.78, 5) is 23.8. The number of hydrogen-bond donors (Lipinski definition) is 3. The Balaban J connectivity index is 0.00000484. The summed E-state index contributed by atoms with van der Waals surface area (Å²) in [5, 5.41) is 5.53. The van der Waals surface area contributed by atoms with E-state index in [1.807, 2.05) is 45.9 Å². The number of nitrogens with two attached hydrogens (primary N) is 1. The zero-order valence-corrected chi connectivity index (χ0v) is 16.3. The van der Waals surface area contributed by atoms with E-state index in [4.69, 9.17) is 5.73 Å². The van der Waals surface area contributed by atoms with Gasteiger partial charge in [0, 0.05) is 23.1 Å². The van der Waals surface area contributed by atoms with Crippen molar-refractivity contribution in [1.29, 1.82) is 0 Å². The molecule has 5 nitrogen and oxygen atoms in total. The van der Waals surface area contributed by atoms with Crippen LogP contribution in [0.25, 0.3) is 0 Å². The molecule has 0 saturated heterocycles. The van der Waals surface area contributed by atoms with Crippen LogP contribution in [-0.2, 0) is 9.59 Å². The molecule has 7 heteroatoms. The van der Waals surface area contributed by atoms with Crippen molar-refractivity contribution in [2.24, 2.45) is 11.1 Å². The molecule has 1 aromatic carbocycles. The SMILES string of the molecule is Cc1ccc(Br)cc1NC(=O)CCNC(=O)[C@@H](N)C(C)(C)C.Cl. The highest BCUT2D eigenvalue weighted by Crippen LogP contribution is 2.20. The first-order chi connectivity index (χ1) is 10.1. The quantitative estimate of drug-likeness (QED) is 0.703. The first-order valence-electron chi connectivity index (χ1n) is 7.20. The van der Waals surface area contributed by atoms with E-state index < -0.39 is 6.04 Å². The standard InChI is InChI=1S/C16H24BrN3O2.ClH/c1-10-5-6-11(17)9-12(10)20-13(21)7-8-19-15(22)14(18)16(2,3)4;/h5-6,9,14H,7-8,18H2,1-4H3,(H,19,22)(H,20,21);1H/t14-;/m1./s1. The molecule has 0 aliphatic carbocycles. The molecule has 130 valence electrons. The summed E-state index contributed by atoms with van der Waals surface area (Å²) in [7, 11) is 0. The Bertz CT molecular complexity index is 559. The minimum absolute atomic E-state index is 0. The average Bonchev–Trinajstić information content (AvgIpc) is 2.40. The van der Waals surface area contributed by atoms with Gasteiger partial charge in [0.05, 0.1) is 6.04 Å². The zero-order valence-electron chi connectivity index (χ0n) is 13.9. The van der Waals surface area contributed by atoms with Gasteiger partial charge >= 0.3 is 0 Å². The van der Waals surface area contributed by atoms with Crippen molar-refractivity contribution in [2.75, 3.05) is 11.9 Å². The van der Waals surface area contributed by atoms with E-state index in [2.05, 4.69) is 26.6 Å². The predicted octanol–water partition coefficient (Wildman–Crippen LogP) is 3.00. The number of anilines is 1. The van der Waals surface area contributed by atoms with Gasteiger partial charge in [0.15, 0.2) is 0 Å². The third-order valence-corrected chi connectivity index (χ3v) is 3.83. The molecule has 1 rings (SSSR count). The third-order valence-electron chi connectivity index (χ3n) is 3.34. The Labute approximate surface area is 152 Å². The smallest absolute Gasteiger partial charge is 0.237 e. The molecule has 0 bridgehead atoms. The molecule has 2 amide bonds. The first-order valence-corrected chi connectivity index (χ1v) is 8.00. The van der Waals surface area contributed by atoms with Gasteiger partial charge in [-0.3, -0.25) is 9.59 Å². The summed E-state index contributed by atoms with van der Waals surface area (Å²) < 4.78 is 0.901. The van der Waals surface area contributed by atoms with E-state index in [0.717, 1.165) is 15.7 Å². The second-order valence-electron chi connectivity index (χ2n) is 6.39. The molecular weight excluding hydrogens is 382 g/mol. The molecule has 0 aromatic heterocycles. The summed E-state index contributed by atoms with van der Waals surface area (Å²) in [6, 6.07) is 5.09. The largest absolute Gasteiger partial charge is 0.354 e. The molecule has 0 heterocycles. The summed E-state index contributed by atoms with van der Waals surface area (Å²) >= 11 is 3.37. The van der Waals surface area contributed by atoms with E-state index in [9.17, 15) is 9.59 Å². The van der Waals surface area contributed by atoms with Crippen LogP contribution in [0.1, 0.15) is 32.8 Å². The van der Waals surface area contributed by atoms with Gasteiger partial charge in [-0.25, -0.2) is 0 Å². The number of amides is 2. The lowest BCUT2D eigenvalue weighted by Crippen LogP contribution is -2.49. The molecule has 1 aromatic rings. The fraction of sp³-hybridized carbons (Fsp3) is 0.500. The maximum Gasteiger partial charge on any atom is 0.237 e. The van der Waals surface area contributed by atoms with Gasteiger partial charge in [-0.1, -0.05) is 42.8 Å². The van der Waals surface area contributed by atoms with E-state index in [-0.39, 0.29) is 42.6 Å². The highest BCUT2D eigenvalue weighted by atomic mass is 79.9. The first kappa shape index (κ1) is 21.9. The van der Waals surface area contributed by atoms with Gasteiger partial charge in [0.1, 0.15) is 0 Å². The molecule has 0 fully saturated rings. The molecule has 1 atom stereocenters. The van der Waals surface area contributed by atoms with Crippen molar-refractivity contribution in [3.63, 3.8) is 0 Å². The Morgan fingerprint density at radius 1 is 1.30 bits per heavy atom. The van der Waals surface area contributed by atoms with Gasteiger partial charge in [0.25, 0.3) is 0 Å². The van der Waals surface area contributed by atoms with Gasteiger partial charge in [-0.2, -0.15) is 0 Å². The normalized spacial score (nSPS) is 12.1. The van der Waals surface area contributed by atoms with Gasteiger partial charge in [-0.05, 0) is 30.0 Å². The van der Waals surface area contributed by atoms with E-state index in [1.54, 1.807) is 0 Å². The molecule has 23 heavy (non-hydrogen) atoms. The Hall–Kier alpha value is -1.11. The number of carbonyl (C=O) groups is 2. The predicted molar refractivity (Wildman–Crippen MR) is 99.8 cm³/mol.